The van der Waals surface area contributed by atoms with Crippen LogP contribution in [0.1, 0.15) is 49.7 Å². The highest BCUT2D eigenvalue weighted by Gasteiger charge is 2.46. The van der Waals surface area contributed by atoms with Crippen LogP contribution in [-0.2, 0) is 4.74 Å². The minimum Gasteiger partial charge on any atom is -0.430 e. The highest BCUT2D eigenvalue weighted by atomic mass is 19.3. The molecule has 0 N–H and O–H groups in total. The summed E-state index contributed by atoms with van der Waals surface area (Å²) in [4.78, 5) is 0. The number of alkyl halides is 2. The zero-order valence-corrected chi connectivity index (χ0v) is 22.2. The monoisotopic (exact) mass is 600 g/mol. The summed E-state index contributed by atoms with van der Waals surface area (Å²) in [6.45, 7) is 1.38. The Kier molecular flexibility index (Phi) is 9.71. The Labute approximate surface area is 236 Å². The van der Waals surface area contributed by atoms with Gasteiger partial charge in [-0.25, -0.2) is 30.7 Å². The van der Waals surface area contributed by atoms with E-state index in [0.717, 1.165) is 24.6 Å². The van der Waals surface area contributed by atoms with Gasteiger partial charge in [-0.3, -0.25) is 0 Å². The first kappa shape index (κ1) is 31.2. The molecule has 0 bridgehead atoms. The lowest BCUT2D eigenvalue weighted by Gasteiger charge is -2.33. The summed E-state index contributed by atoms with van der Waals surface area (Å²) in [6, 6.07) is 7.89. The number of hydrogen-bond acceptors (Lipinski definition) is 2. The Morgan fingerprint density at radius 3 is 2.05 bits per heavy atom. The quantitative estimate of drug-likeness (QED) is 0.138. The van der Waals surface area contributed by atoms with Crippen molar-refractivity contribution in [1.29, 1.82) is 0 Å². The highest BCUT2D eigenvalue weighted by Crippen LogP contribution is 2.39. The lowest BCUT2D eigenvalue weighted by atomic mass is 9.89. The third-order valence-electron chi connectivity index (χ3n) is 6.75. The summed E-state index contributed by atoms with van der Waals surface area (Å²) in [6.07, 6.45) is -2.65. The first-order valence-corrected chi connectivity index (χ1v) is 13.1. The molecule has 3 aromatic carbocycles. The molecule has 1 heterocycles. The van der Waals surface area contributed by atoms with Crippen LogP contribution in [0.15, 0.2) is 66.5 Å². The predicted octanol–water partition coefficient (Wildman–Crippen LogP) is 9.95. The second kappa shape index (κ2) is 13.1. The van der Waals surface area contributed by atoms with E-state index in [0.29, 0.717) is 12.0 Å². The Balaban J connectivity index is 1.44. The first-order chi connectivity index (χ1) is 19.9. The zero-order valence-electron chi connectivity index (χ0n) is 22.2. The third-order valence-corrected chi connectivity index (χ3v) is 6.75. The van der Waals surface area contributed by atoms with Gasteiger partial charge >= 0.3 is 6.11 Å². The lowest BCUT2D eigenvalue weighted by Crippen LogP contribution is -2.44. The molecule has 4 rings (SSSR count). The van der Waals surface area contributed by atoms with Crippen molar-refractivity contribution < 1.29 is 49.0 Å². The summed E-state index contributed by atoms with van der Waals surface area (Å²) in [7, 11) is 0. The molecule has 2 nitrogen and oxygen atoms in total. The molecule has 224 valence electrons. The van der Waals surface area contributed by atoms with E-state index in [1.54, 1.807) is 0 Å². The van der Waals surface area contributed by atoms with Crippen molar-refractivity contribution in [3.63, 3.8) is 0 Å². The maximum atomic E-state index is 15.1. The summed E-state index contributed by atoms with van der Waals surface area (Å²) >= 11 is 0. The van der Waals surface area contributed by atoms with Crippen molar-refractivity contribution in [2.24, 2.45) is 0 Å². The molecule has 11 heteroatoms. The standard InChI is InChI=1S/C31H25F9O2/c1-2-3-4-5-22(32)29(37)18-8-6-17(7-9-18)20-12-23(33)28(24(34)13-20)19-10-11-27(41-16-19)31(39,40)42-21-14-25(35)30(38)26(36)15-21/h4-9,12-15,19,27H,2-3,10-11,16H2,1H3. The molecule has 1 aliphatic heterocycles. The molecule has 0 amide bonds. The molecule has 2 atom stereocenters. The van der Waals surface area contributed by atoms with Gasteiger partial charge in [0.1, 0.15) is 17.4 Å². The fourth-order valence-corrected chi connectivity index (χ4v) is 4.57. The number of hydrogen-bond donors (Lipinski definition) is 0. The van der Waals surface area contributed by atoms with E-state index in [9.17, 15) is 30.7 Å². The molecular weight excluding hydrogens is 575 g/mol. The number of unbranched alkanes of at least 4 members (excludes halogenated alkanes) is 1. The van der Waals surface area contributed by atoms with E-state index < -0.39 is 77.6 Å². The predicted molar refractivity (Wildman–Crippen MR) is 139 cm³/mol. The van der Waals surface area contributed by atoms with Gasteiger partial charge in [-0.1, -0.05) is 43.7 Å². The molecule has 0 saturated carbocycles. The summed E-state index contributed by atoms with van der Waals surface area (Å²) in [5.41, 5.74) is -0.000420. The second-order valence-electron chi connectivity index (χ2n) is 9.74. The van der Waals surface area contributed by atoms with Crippen LogP contribution in [0.25, 0.3) is 17.0 Å². The van der Waals surface area contributed by atoms with Crippen LogP contribution in [0.5, 0.6) is 5.75 Å². The van der Waals surface area contributed by atoms with Crippen LogP contribution >= 0.6 is 0 Å². The molecule has 1 fully saturated rings. The Morgan fingerprint density at radius 2 is 1.50 bits per heavy atom. The average molecular weight is 601 g/mol. The average Bonchev–Trinajstić information content (AvgIpc) is 2.95. The minimum absolute atomic E-state index is 0.0562. The second-order valence-corrected chi connectivity index (χ2v) is 9.74. The number of halogens is 9. The van der Waals surface area contributed by atoms with E-state index >= 15 is 8.78 Å². The lowest BCUT2D eigenvalue weighted by molar-refractivity contribution is -0.262. The molecule has 2 unspecified atom stereocenters. The molecule has 0 aliphatic carbocycles. The summed E-state index contributed by atoms with van der Waals surface area (Å²) in [5.74, 6) is -11.2. The van der Waals surface area contributed by atoms with Crippen LogP contribution < -0.4 is 4.74 Å². The number of rotatable bonds is 9. The van der Waals surface area contributed by atoms with Crippen LogP contribution in [0.2, 0.25) is 0 Å². The fourth-order valence-electron chi connectivity index (χ4n) is 4.57. The zero-order chi connectivity index (χ0) is 30.6. The number of allylic oxidation sites excluding steroid dienone is 3. The molecular formula is C31H25F9O2. The maximum absolute atomic E-state index is 15.1. The van der Waals surface area contributed by atoms with E-state index in [1.165, 1.54) is 30.3 Å². The van der Waals surface area contributed by atoms with Crippen LogP contribution in [0.4, 0.5) is 39.5 Å². The molecule has 42 heavy (non-hydrogen) atoms. The molecule has 1 saturated heterocycles. The molecule has 1 aliphatic rings. The van der Waals surface area contributed by atoms with Gasteiger partial charge in [-0.05, 0) is 48.6 Å². The summed E-state index contributed by atoms with van der Waals surface area (Å²) < 4.78 is 137. The van der Waals surface area contributed by atoms with E-state index in [-0.39, 0.29) is 35.2 Å². The van der Waals surface area contributed by atoms with Crippen molar-refractivity contribution in [3.05, 3.63) is 107 Å². The smallest absolute Gasteiger partial charge is 0.424 e. The topological polar surface area (TPSA) is 18.5 Å². The van der Waals surface area contributed by atoms with Gasteiger partial charge in [0.15, 0.2) is 35.2 Å². The molecule has 0 radical (unpaired) electrons. The van der Waals surface area contributed by atoms with Gasteiger partial charge in [-0.15, -0.1) is 0 Å². The van der Waals surface area contributed by atoms with Gasteiger partial charge in [0.2, 0.25) is 0 Å². The van der Waals surface area contributed by atoms with Crippen molar-refractivity contribution in [2.75, 3.05) is 6.61 Å². The normalized spacial score (nSPS) is 18.3. The van der Waals surface area contributed by atoms with E-state index in [1.807, 2.05) is 6.92 Å². The van der Waals surface area contributed by atoms with Crippen molar-refractivity contribution >= 4 is 5.83 Å². The highest BCUT2D eigenvalue weighted by molar-refractivity contribution is 5.69. The first-order valence-electron chi connectivity index (χ1n) is 13.1. The van der Waals surface area contributed by atoms with E-state index in [4.69, 9.17) is 4.74 Å². The third kappa shape index (κ3) is 7.00. The van der Waals surface area contributed by atoms with Gasteiger partial charge in [0.05, 0.1) is 6.61 Å². The van der Waals surface area contributed by atoms with E-state index in [2.05, 4.69) is 4.74 Å². The van der Waals surface area contributed by atoms with Crippen molar-refractivity contribution in [3.8, 4) is 16.9 Å². The van der Waals surface area contributed by atoms with Gasteiger partial charge < -0.3 is 9.47 Å². The number of benzene rings is 3. The van der Waals surface area contributed by atoms with Crippen LogP contribution in [-0.4, -0.2) is 18.8 Å². The number of ether oxygens (including phenoxy) is 2. The van der Waals surface area contributed by atoms with Gasteiger partial charge in [0, 0.05) is 29.2 Å². The van der Waals surface area contributed by atoms with Crippen molar-refractivity contribution in [1.82, 2.24) is 0 Å². The molecule has 3 aromatic rings. The fraction of sp³-hybridized carbons (Fsp3) is 0.290. The minimum atomic E-state index is -4.09. The SMILES string of the molecule is CCCC=CC(F)=C(F)c1ccc(-c2cc(F)c(C3CCC(C(F)(F)Oc4cc(F)c(F)c(F)c4)OC3)c(F)c2)cc1. The van der Waals surface area contributed by atoms with Gasteiger partial charge in [-0.2, -0.15) is 8.78 Å². The Hall–Kier alpha value is -3.73. The summed E-state index contributed by atoms with van der Waals surface area (Å²) in [5, 5.41) is 0. The van der Waals surface area contributed by atoms with Crippen molar-refractivity contribution in [2.45, 2.75) is 50.7 Å². The van der Waals surface area contributed by atoms with Gasteiger partial charge in [0.25, 0.3) is 0 Å². The Bertz CT molecular complexity index is 1430. The molecule has 0 spiro atoms. The van der Waals surface area contributed by atoms with Crippen LogP contribution in [0.3, 0.4) is 0 Å². The molecule has 0 aromatic heterocycles. The largest absolute Gasteiger partial charge is 0.430 e. The van der Waals surface area contributed by atoms with Crippen LogP contribution in [0, 0.1) is 29.1 Å². The Morgan fingerprint density at radius 1 is 0.881 bits per heavy atom. The maximum Gasteiger partial charge on any atom is 0.424 e.